The molecule has 96 valence electrons. The normalized spacial score (nSPS) is 13.4. The lowest BCUT2D eigenvalue weighted by molar-refractivity contribution is 0.154. The fourth-order valence-electron chi connectivity index (χ4n) is 0.881. The predicted octanol–water partition coefficient (Wildman–Crippen LogP) is 4.10. The van der Waals surface area contributed by atoms with Gasteiger partial charge in [-0.2, -0.15) is 8.15 Å². The first-order valence-electron chi connectivity index (χ1n) is 4.30. The first-order valence-corrected chi connectivity index (χ1v) is 6.82. The Labute approximate surface area is 113 Å². The van der Waals surface area contributed by atoms with Crippen LogP contribution in [0.2, 0.25) is 0 Å². The molecular weight excluding hydrogens is 313 g/mol. The summed E-state index contributed by atoms with van der Waals surface area (Å²) in [7, 11) is -3.97. The Bertz CT molecular complexity index is 369. The molecule has 0 aliphatic rings. The zero-order valence-electron chi connectivity index (χ0n) is 8.29. The molecule has 0 radical (unpaired) electrons. The Balaban J connectivity index is 2.40. The molecule has 0 aliphatic heterocycles. The van der Waals surface area contributed by atoms with Gasteiger partial charge in [0.2, 0.25) is 0 Å². The van der Waals surface area contributed by atoms with Gasteiger partial charge in [-0.15, -0.1) is 0 Å². The molecule has 5 nitrogen and oxygen atoms in total. The van der Waals surface area contributed by atoms with Crippen molar-refractivity contribution < 1.29 is 22.0 Å². The number of benzene rings is 1. The van der Waals surface area contributed by atoms with Gasteiger partial charge in [-0.05, 0) is 12.1 Å². The average Bonchev–Trinajstić information content (AvgIpc) is 2.37. The van der Waals surface area contributed by atoms with E-state index >= 15 is 0 Å². The number of halogens is 3. The summed E-state index contributed by atoms with van der Waals surface area (Å²) >= 11 is 15.5. The number of phosphoric acid groups is 1. The van der Waals surface area contributed by atoms with Gasteiger partial charge >= 0.3 is 7.82 Å². The number of alkyl halides is 1. The minimum Gasteiger partial charge on any atom is -0.472 e. The second-order valence-corrected chi connectivity index (χ2v) is 5.47. The lowest BCUT2D eigenvalue weighted by Gasteiger charge is -2.14. The smallest absolute Gasteiger partial charge is 0.472 e. The molecule has 0 aliphatic carbocycles. The van der Waals surface area contributed by atoms with E-state index in [9.17, 15) is 4.57 Å². The topological polar surface area (TPSA) is 54.0 Å². The van der Waals surface area contributed by atoms with Crippen molar-refractivity contribution in [2.75, 3.05) is 6.61 Å². The summed E-state index contributed by atoms with van der Waals surface area (Å²) in [5, 5.41) is 0. The van der Waals surface area contributed by atoms with Crippen LogP contribution >= 0.6 is 43.2 Å². The van der Waals surface area contributed by atoms with Gasteiger partial charge in [0.05, 0.1) is 23.7 Å². The molecule has 17 heavy (non-hydrogen) atoms. The summed E-state index contributed by atoms with van der Waals surface area (Å²) in [5.41, 5.74) is -0.899. The van der Waals surface area contributed by atoms with Gasteiger partial charge < -0.3 is 4.74 Å². The van der Waals surface area contributed by atoms with Crippen molar-refractivity contribution in [2.45, 2.75) is 5.56 Å². The van der Waals surface area contributed by atoms with Crippen molar-refractivity contribution in [3.05, 3.63) is 30.3 Å². The van der Waals surface area contributed by atoms with Crippen molar-refractivity contribution in [1.29, 1.82) is 0 Å². The van der Waals surface area contributed by atoms with Crippen LogP contribution in [0.3, 0.4) is 0 Å². The fourth-order valence-corrected chi connectivity index (χ4v) is 2.05. The quantitative estimate of drug-likeness (QED) is 0.559. The molecule has 0 saturated carbocycles. The summed E-state index contributed by atoms with van der Waals surface area (Å²) in [6.45, 7) is -0.285. The Kier molecular flexibility index (Phi) is 6.59. The fraction of sp³-hybridized carbons (Fsp3) is 0.250. The van der Waals surface area contributed by atoms with E-state index in [1.807, 2.05) is 6.07 Å². The summed E-state index contributed by atoms with van der Waals surface area (Å²) in [4.78, 5) is 0. The molecule has 1 unspecified atom stereocenters. The van der Waals surface area contributed by atoms with Gasteiger partial charge in [-0.3, -0.25) is 4.52 Å². The Morgan fingerprint density at radius 1 is 1.18 bits per heavy atom. The van der Waals surface area contributed by atoms with E-state index in [0.29, 0.717) is 5.75 Å². The summed E-state index contributed by atoms with van der Waals surface area (Å²) in [6.07, 6.45) is 0. The highest BCUT2D eigenvalue weighted by Gasteiger charge is 2.28. The largest absolute Gasteiger partial charge is 0.508 e. The van der Waals surface area contributed by atoms with Crippen LogP contribution in [0.25, 0.3) is 0 Å². The maximum Gasteiger partial charge on any atom is 0.508 e. The molecule has 1 rings (SSSR count). The van der Waals surface area contributed by atoms with E-state index in [0.717, 1.165) is 0 Å². The van der Waals surface area contributed by atoms with Crippen LogP contribution in [0.4, 0.5) is 0 Å². The monoisotopic (exact) mass is 320 g/mol. The number of hydrogen-bond acceptors (Lipinski definition) is 5. The number of rotatable bonds is 7. The molecule has 9 heteroatoms. The molecule has 1 aromatic carbocycles. The molecule has 0 heterocycles. The molecule has 1 atom stereocenters. The average molecular weight is 321 g/mol. The molecule has 0 spiro atoms. The summed E-state index contributed by atoms with van der Waals surface area (Å²) < 4.78 is 29.0. The highest BCUT2D eigenvalue weighted by Crippen LogP contribution is 2.52. The van der Waals surface area contributed by atoms with Gasteiger partial charge in [-0.25, -0.2) is 4.57 Å². The highest BCUT2D eigenvalue weighted by atomic mass is 35.5. The standard InChI is InChI=1S/C8H8Cl3O5P/c9-8(6-13-17(12,15-10)16-11)14-7-4-2-1-3-5-7/h1-5,8H,6H2. The molecule has 1 aromatic rings. The van der Waals surface area contributed by atoms with Crippen molar-refractivity contribution in [1.82, 2.24) is 0 Å². The van der Waals surface area contributed by atoms with E-state index in [2.05, 4.69) is 12.7 Å². The second kappa shape index (κ2) is 7.44. The third kappa shape index (κ3) is 5.44. The van der Waals surface area contributed by atoms with E-state index in [-0.39, 0.29) is 6.61 Å². The van der Waals surface area contributed by atoms with Crippen molar-refractivity contribution >= 4 is 43.2 Å². The minimum atomic E-state index is -3.97. The maximum atomic E-state index is 11.3. The molecule has 0 fully saturated rings. The first kappa shape index (κ1) is 15.1. The Morgan fingerprint density at radius 2 is 1.76 bits per heavy atom. The summed E-state index contributed by atoms with van der Waals surface area (Å²) in [5.74, 6) is 0.532. The zero-order chi connectivity index (χ0) is 12.7. The van der Waals surface area contributed by atoms with Crippen LogP contribution in [-0.4, -0.2) is 12.2 Å². The number of para-hydroxylation sites is 1. The van der Waals surface area contributed by atoms with Crippen molar-refractivity contribution in [2.24, 2.45) is 0 Å². The molecule has 0 N–H and O–H groups in total. The number of ether oxygens (including phenoxy) is 1. The zero-order valence-corrected chi connectivity index (χ0v) is 11.5. The highest BCUT2D eigenvalue weighted by molar-refractivity contribution is 7.50. The van der Waals surface area contributed by atoms with E-state index in [4.69, 9.17) is 40.1 Å². The predicted molar refractivity (Wildman–Crippen MR) is 64.1 cm³/mol. The lowest BCUT2D eigenvalue weighted by Crippen LogP contribution is -2.15. The van der Waals surface area contributed by atoms with Crippen LogP contribution in [-0.2, 0) is 17.2 Å². The molecule has 0 amide bonds. The third-order valence-electron chi connectivity index (χ3n) is 1.54. The molecule has 0 bridgehead atoms. The first-order chi connectivity index (χ1) is 8.09. The lowest BCUT2D eigenvalue weighted by atomic mass is 10.3. The second-order valence-electron chi connectivity index (χ2n) is 2.72. The van der Waals surface area contributed by atoms with Crippen molar-refractivity contribution in [3.63, 3.8) is 0 Å². The van der Waals surface area contributed by atoms with Gasteiger partial charge in [0, 0.05) is 0 Å². The van der Waals surface area contributed by atoms with Gasteiger partial charge in [0.15, 0.2) is 5.56 Å². The van der Waals surface area contributed by atoms with Gasteiger partial charge in [0.1, 0.15) is 12.4 Å². The van der Waals surface area contributed by atoms with E-state index < -0.39 is 13.4 Å². The molecular formula is C8H8Cl3O5P. The van der Waals surface area contributed by atoms with Crippen LogP contribution in [0.15, 0.2) is 30.3 Å². The van der Waals surface area contributed by atoms with Crippen LogP contribution in [0.5, 0.6) is 5.75 Å². The van der Waals surface area contributed by atoms with Crippen molar-refractivity contribution in [3.8, 4) is 5.75 Å². The summed E-state index contributed by atoms with van der Waals surface area (Å²) in [6, 6.07) is 8.77. The van der Waals surface area contributed by atoms with Gasteiger partial charge in [-0.1, -0.05) is 29.8 Å². The molecule has 0 saturated heterocycles. The van der Waals surface area contributed by atoms with E-state index in [1.165, 1.54) is 0 Å². The van der Waals surface area contributed by atoms with Crippen LogP contribution < -0.4 is 4.74 Å². The van der Waals surface area contributed by atoms with Crippen LogP contribution in [0.1, 0.15) is 0 Å². The Hall–Kier alpha value is 0. The molecule has 0 aromatic heterocycles. The minimum absolute atomic E-state index is 0.285. The third-order valence-corrected chi connectivity index (χ3v) is 3.57. The van der Waals surface area contributed by atoms with Crippen LogP contribution in [0, 0.1) is 0 Å². The maximum absolute atomic E-state index is 11.3. The number of hydrogen-bond donors (Lipinski definition) is 0. The SMILES string of the molecule is O=P(OCl)(OCl)OCC(Cl)Oc1ccccc1. The van der Waals surface area contributed by atoms with E-state index in [1.54, 1.807) is 24.3 Å². The Morgan fingerprint density at radius 3 is 2.29 bits per heavy atom. The van der Waals surface area contributed by atoms with Gasteiger partial charge in [0.25, 0.3) is 0 Å².